The summed E-state index contributed by atoms with van der Waals surface area (Å²) in [4.78, 5) is 40.2. The minimum absolute atomic E-state index is 0.0232. The number of fused-ring (bicyclic) bond motifs is 4. The average Bonchev–Trinajstić information content (AvgIpc) is 3.73. The van der Waals surface area contributed by atoms with Crippen LogP contribution in [0.3, 0.4) is 0 Å². The zero-order chi connectivity index (χ0) is 35.1. The first-order valence-corrected chi connectivity index (χ1v) is 18.7. The summed E-state index contributed by atoms with van der Waals surface area (Å²) in [6, 6.07) is 14.3. The van der Waals surface area contributed by atoms with Gasteiger partial charge in [-0.05, 0) is 101 Å². The largest absolute Gasteiger partial charge is 0.361 e. The number of aromatic nitrogens is 2. The van der Waals surface area contributed by atoms with Crippen molar-refractivity contribution in [3.8, 4) is 0 Å². The molecule has 1 saturated heterocycles. The second kappa shape index (κ2) is 14.2. The van der Waals surface area contributed by atoms with Crippen molar-refractivity contribution in [2.75, 3.05) is 53.4 Å². The lowest BCUT2D eigenvalue weighted by Gasteiger charge is -2.45. The number of hydrogen-bond acceptors (Lipinski definition) is 4. The fraction of sp³-hybridized carbons (Fsp3) is 0.500. The predicted molar refractivity (Wildman–Crippen MR) is 203 cm³/mol. The number of likely N-dealkylation sites (tertiary alicyclic amines) is 1. The van der Waals surface area contributed by atoms with Gasteiger partial charge in [0.15, 0.2) is 0 Å². The number of nitrogens with one attached hydrogen (secondary N) is 4. The van der Waals surface area contributed by atoms with Crippen LogP contribution in [-0.4, -0.2) is 119 Å². The molecule has 8 rings (SSSR count). The number of piperidine rings is 1. The van der Waals surface area contributed by atoms with Gasteiger partial charge in [0.25, 0.3) is 0 Å². The molecule has 0 unspecified atom stereocenters. The molecule has 4 N–H and O–H groups in total. The van der Waals surface area contributed by atoms with Gasteiger partial charge in [-0.25, -0.2) is 9.59 Å². The Bertz CT molecular complexity index is 1880. The molecule has 0 bridgehead atoms. The van der Waals surface area contributed by atoms with Crippen LogP contribution in [0.25, 0.3) is 27.4 Å². The van der Waals surface area contributed by atoms with Crippen LogP contribution in [0.2, 0.25) is 0 Å². The minimum Gasteiger partial charge on any atom is -0.361 e. The maximum Gasteiger partial charge on any atom is 0.317 e. The van der Waals surface area contributed by atoms with Gasteiger partial charge in [-0.15, -0.1) is 0 Å². The standard InChI is InChI=1S/C20H28N4O.C20H26N4O/c2*1-4-24(5-2)20(25)22-14-10-16-15-7-6-8-17-19(15)13(11-21-17)9-18(16)23(3)12-14/h6-8,11,14,16,18,21H,4-5,9-10,12H2,1-3H3,(H,22,25);6-8,10-11,14,18,21H,4-5,9,12H2,1-3H3,(H,22,25)/t14-,16+,18+;14-,18+/m00/s1. The molecule has 0 radical (unpaired) electrons. The summed E-state index contributed by atoms with van der Waals surface area (Å²) in [6.45, 7) is 12.8. The van der Waals surface area contributed by atoms with Crippen LogP contribution < -0.4 is 10.6 Å². The molecular weight excluding hydrogens is 624 g/mol. The smallest absolute Gasteiger partial charge is 0.317 e. The maximum absolute atomic E-state index is 12.5. The molecule has 4 amide bonds. The topological polar surface area (TPSA) is 103 Å². The Morgan fingerprint density at radius 1 is 0.780 bits per heavy atom. The molecule has 2 aliphatic heterocycles. The van der Waals surface area contributed by atoms with E-state index >= 15 is 0 Å². The third kappa shape index (κ3) is 6.17. The highest BCUT2D eigenvalue weighted by Crippen LogP contribution is 2.43. The first-order chi connectivity index (χ1) is 24.2. The summed E-state index contributed by atoms with van der Waals surface area (Å²) in [7, 11) is 4.36. The number of carbonyl (C=O) groups excluding carboxylic acids is 2. The van der Waals surface area contributed by atoms with Gasteiger partial charge >= 0.3 is 12.1 Å². The Hall–Kier alpha value is -4.28. The molecule has 5 atom stereocenters. The van der Waals surface area contributed by atoms with Gasteiger partial charge < -0.3 is 35.3 Å². The highest BCUT2D eigenvalue weighted by molar-refractivity contribution is 5.98. The highest BCUT2D eigenvalue weighted by Gasteiger charge is 2.40. The minimum atomic E-state index is 0.0232. The van der Waals surface area contributed by atoms with Crippen molar-refractivity contribution in [1.82, 2.24) is 40.2 Å². The molecule has 10 nitrogen and oxygen atoms in total. The Morgan fingerprint density at radius 2 is 1.40 bits per heavy atom. The van der Waals surface area contributed by atoms with Crippen molar-refractivity contribution in [2.45, 2.75) is 77.0 Å². The zero-order valence-electron chi connectivity index (χ0n) is 30.6. The zero-order valence-corrected chi connectivity index (χ0v) is 30.6. The van der Waals surface area contributed by atoms with Crippen LogP contribution in [-0.2, 0) is 12.8 Å². The van der Waals surface area contributed by atoms with Gasteiger partial charge in [0.1, 0.15) is 0 Å². The molecular formula is C40H54N8O2. The quantitative estimate of drug-likeness (QED) is 0.208. The lowest BCUT2D eigenvalue weighted by molar-refractivity contribution is 0.124. The summed E-state index contributed by atoms with van der Waals surface area (Å²) < 4.78 is 0. The SMILES string of the molecule is CCN(CC)C(=O)N[C@H]1C=C2c3cccc4[nH]cc(c34)C[C@H]2N(C)C1.CCN(CC)C(=O)N[C@H]1C[C@@H]2c3cccc4[nH]cc(c34)C[C@H]2N(C)C1. The van der Waals surface area contributed by atoms with Crippen LogP contribution in [0.5, 0.6) is 0 Å². The average molecular weight is 679 g/mol. The fourth-order valence-corrected chi connectivity index (χ4v) is 9.13. The molecule has 50 heavy (non-hydrogen) atoms. The van der Waals surface area contributed by atoms with Crippen LogP contribution in [0, 0.1) is 0 Å². The second-order valence-corrected chi connectivity index (χ2v) is 14.5. The molecule has 1 fully saturated rings. The number of benzene rings is 2. The van der Waals surface area contributed by atoms with Crippen molar-refractivity contribution in [3.05, 3.63) is 77.1 Å². The number of urea groups is 2. The molecule has 2 aromatic heterocycles. The van der Waals surface area contributed by atoms with E-state index < -0.39 is 0 Å². The molecule has 4 heterocycles. The van der Waals surface area contributed by atoms with Gasteiger partial charge in [0.2, 0.25) is 0 Å². The highest BCUT2D eigenvalue weighted by atomic mass is 16.2. The first-order valence-electron chi connectivity index (χ1n) is 18.7. The van der Waals surface area contributed by atoms with Gasteiger partial charge in [0, 0.05) is 97.5 Å². The van der Waals surface area contributed by atoms with E-state index in [1.54, 1.807) is 0 Å². The number of H-pyrrole nitrogens is 2. The van der Waals surface area contributed by atoms with Crippen LogP contribution in [0.15, 0.2) is 54.9 Å². The molecule has 2 aromatic carbocycles. The summed E-state index contributed by atoms with van der Waals surface area (Å²) >= 11 is 0. The van der Waals surface area contributed by atoms with Crippen molar-refractivity contribution in [1.29, 1.82) is 0 Å². The first kappa shape index (κ1) is 34.2. The third-order valence-corrected chi connectivity index (χ3v) is 11.7. The number of carbonyl (C=O) groups is 2. The molecule has 4 aliphatic rings. The third-order valence-electron chi connectivity index (χ3n) is 11.7. The van der Waals surface area contributed by atoms with E-state index in [4.69, 9.17) is 0 Å². The Labute approximate surface area is 296 Å². The predicted octanol–water partition coefficient (Wildman–Crippen LogP) is 5.77. The van der Waals surface area contributed by atoms with Crippen molar-refractivity contribution in [2.24, 2.45) is 0 Å². The monoisotopic (exact) mass is 678 g/mol. The van der Waals surface area contributed by atoms with Crippen LogP contribution >= 0.6 is 0 Å². The number of nitrogens with zero attached hydrogens (tertiary/aromatic N) is 4. The number of aromatic amines is 2. The van der Waals surface area contributed by atoms with E-state index in [-0.39, 0.29) is 24.1 Å². The fourth-order valence-electron chi connectivity index (χ4n) is 9.13. The number of hydrogen-bond donors (Lipinski definition) is 4. The summed E-state index contributed by atoms with van der Waals surface area (Å²) in [5.74, 6) is 0.479. The van der Waals surface area contributed by atoms with Crippen molar-refractivity contribution < 1.29 is 9.59 Å². The van der Waals surface area contributed by atoms with E-state index in [9.17, 15) is 9.59 Å². The van der Waals surface area contributed by atoms with Gasteiger partial charge in [-0.1, -0.05) is 30.3 Å². The van der Waals surface area contributed by atoms with E-state index in [0.29, 0.717) is 18.0 Å². The Morgan fingerprint density at radius 3 is 2.08 bits per heavy atom. The molecule has 4 aromatic rings. The van der Waals surface area contributed by atoms with Crippen LogP contribution in [0.1, 0.15) is 62.3 Å². The lowest BCUT2D eigenvalue weighted by atomic mass is 9.74. The van der Waals surface area contributed by atoms with E-state index in [1.165, 1.54) is 49.6 Å². The normalized spacial score (nSPS) is 24.0. The summed E-state index contributed by atoms with van der Waals surface area (Å²) in [5, 5.41) is 9.22. The summed E-state index contributed by atoms with van der Waals surface area (Å²) in [5.41, 5.74) is 9.36. The number of likely N-dealkylation sites (N-methyl/N-ethyl adjacent to an activating group) is 2. The van der Waals surface area contributed by atoms with Gasteiger partial charge in [0.05, 0.1) is 6.04 Å². The second-order valence-electron chi connectivity index (χ2n) is 14.5. The van der Waals surface area contributed by atoms with Crippen LogP contribution in [0.4, 0.5) is 9.59 Å². The van der Waals surface area contributed by atoms with Gasteiger partial charge in [-0.2, -0.15) is 0 Å². The Kier molecular flexibility index (Phi) is 9.67. The molecule has 0 spiro atoms. The maximum atomic E-state index is 12.5. The van der Waals surface area contributed by atoms with E-state index in [0.717, 1.165) is 58.5 Å². The molecule has 266 valence electrons. The number of amides is 4. The van der Waals surface area contributed by atoms with Gasteiger partial charge in [-0.3, -0.25) is 4.90 Å². The van der Waals surface area contributed by atoms with Crippen molar-refractivity contribution in [3.63, 3.8) is 0 Å². The molecule has 2 aliphatic carbocycles. The summed E-state index contributed by atoms with van der Waals surface area (Å²) in [6.07, 6.45) is 9.73. The molecule has 0 saturated carbocycles. The van der Waals surface area contributed by atoms with E-state index in [1.807, 2.05) is 37.5 Å². The number of rotatable bonds is 6. The lowest BCUT2D eigenvalue weighted by Crippen LogP contribution is -2.56. The molecule has 10 heteroatoms. The van der Waals surface area contributed by atoms with E-state index in [2.05, 4.69) is 99.4 Å². The van der Waals surface area contributed by atoms with Crippen molar-refractivity contribution >= 4 is 39.4 Å². The Balaban J connectivity index is 0.000000157.